The summed E-state index contributed by atoms with van der Waals surface area (Å²) in [6.45, 7) is 2.65. The Labute approximate surface area is 176 Å². The highest BCUT2D eigenvalue weighted by molar-refractivity contribution is 5.96. The molecule has 8 heteroatoms. The van der Waals surface area contributed by atoms with Crippen LogP contribution in [0, 0.1) is 0 Å². The molecule has 2 N–H and O–H groups in total. The monoisotopic (exact) mass is 413 g/mol. The van der Waals surface area contributed by atoms with Crippen molar-refractivity contribution < 1.29 is 23.8 Å². The number of carbonyl (C=O) groups excluding carboxylic acids is 2. The summed E-state index contributed by atoms with van der Waals surface area (Å²) in [6, 6.07) is 9.88. The molecule has 3 amide bonds. The molecule has 1 aliphatic heterocycles. The molecular formula is C22H27N3O5. The van der Waals surface area contributed by atoms with Gasteiger partial charge in [0.1, 0.15) is 11.8 Å². The molecule has 0 spiro atoms. The lowest BCUT2D eigenvalue weighted by atomic mass is 9.99. The van der Waals surface area contributed by atoms with Gasteiger partial charge in [0, 0.05) is 18.8 Å². The van der Waals surface area contributed by atoms with E-state index in [2.05, 4.69) is 10.6 Å². The first-order chi connectivity index (χ1) is 14.4. The molecule has 2 aromatic carbocycles. The fraction of sp³-hybridized carbons (Fsp3) is 0.364. The van der Waals surface area contributed by atoms with E-state index in [4.69, 9.17) is 14.2 Å². The largest absolute Gasteiger partial charge is 0.497 e. The Kier molecular flexibility index (Phi) is 6.66. The van der Waals surface area contributed by atoms with Crippen molar-refractivity contribution in [3.05, 3.63) is 47.5 Å². The van der Waals surface area contributed by atoms with E-state index in [1.165, 1.54) is 0 Å². The molecule has 1 aliphatic rings. The third kappa shape index (κ3) is 4.76. The first-order valence-corrected chi connectivity index (χ1v) is 9.69. The zero-order valence-corrected chi connectivity index (χ0v) is 17.7. The van der Waals surface area contributed by atoms with E-state index in [9.17, 15) is 9.59 Å². The van der Waals surface area contributed by atoms with E-state index in [1.54, 1.807) is 57.4 Å². The maximum Gasteiger partial charge on any atom is 0.318 e. The van der Waals surface area contributed by atoms with Crippen molar-refractivity contribution in [1.82, 2.24) is 10.2 Å². The summed E-state index contributed by atoms with van der Waals surface area (Å²) in [5.74, 6) is 1.72. The lowest BCUT2D eigenvalue weighted by Crippen LogP contribution is -2.49. The van der Waals surface area contributed by atoms with Crippen molar-refractivity contribution in [3.63, 3.8) is 0 Å². The second-order valence-corrected chi connectivity index (χ2v) is 7.04. The Morgan fingerprint density at radius 2 is 1.60 bits per heavy atom. The predicted molar refractivity (Wildman–Crippen MR) is 113 cm³/mol. The summed E-state index contributed by atoms with van der Waals surface area (Å²) in [5, 5.41) is 5.55. The number of nitrogens with zero attached hydrogens (tertiary/aromatic N) is 1. The molecule has 0 bridgehead atoms. The minimum atomic E-state index is -0.689. The number of nitrogens with one attached hydrogen (secondary N) is 2. The van der Waals surface area contributed by atoms with Crippen LogP contribution in [0.5, 0.6) is 17.2 Å². The number of anilines is 1. The number of amides is 3. The van der Waals surface area contributed by atoms with Crippen LogP contribution in [0.15, 0.2) is 36.4 Å². The number of carbonyl (C=O) groups is 2. The minimum Gasteiger partial charge on any atom is -0.497 e. The highest BCUT2D eigenvalue weighted by Crippen LogP contribution is 2.33. The summed E-state index contributed by atoms with van der Waals surface area (Å²) in [4.78, 5) is 26.8. The zero-order valence-electron chi connectivity index (χ0n) is 17.7. The Morgan fingerprint density at radius 3 is 2.20 bits per heavy atom. The lowest BCUT2D eigenvalue weighted by molar-refractivity contribution is -0.117. The molecule has 0 radical (unpaired) electrons. The van der Waals surface area contributed by atoms with E-state index in [0.29, 0.717) is 42.4 Å². The van der Waals surface area contributed by atoms with Gasteiger partial charge in [-0.25, -0.2) is 4.79 Å². The maximum absolute atomic E-state index is 12.7. The van der Waals surface area contributed by atoms with Crippen LogP contribution in [-0.2, 0) is 17.8 Å². The average molecular weight is 413 g/mol. The molecule has 30 heavy (non-hydrogen) atoms. The smallest absolute Gasteiger partial charge is 0.318 e. The SMILES string of the molecule is COc1ccc(NC(=O)[C@H](C)NC(=O)N2CCc3cc(OC)c(OC)cc3C2)cc1. The second kappa shape index (κ2) is 9.39. The Bertz CT molecular complexity index is 914. The fourth-order valence-electron chi connectivity index (χ4n) is 3.32. The molecule has 0 saturated heterocycles. The maximum atomic E-state index is 12.7. The van der Waals surface area contributed by atoms with E-state index >= 15 is 0 Å². The zero-order chi connectivity index (χ0) is 21.7. The molecular weight excluding hydrogens is 386 g/mol. The topological polar surface area (TPSA) is 89.1 Å². The minimum absolute atomic E-state index is 0.284. The van der Waals surface area contributed by atoms with Crippen LogP contribution in [0.3, 0.4) is 0 Å². The molecule has 1 heterocycles. The van der Waals surface area contributed by atoms with E-state index in [1.807, 2.05) is 12.1 Å². The van der Waals surface area contributed by atoms with E-state index in [-0.39, 0.29) is 11.9 Å². The fourth-order valence-corrected chi connectivity index (χ4v) is 3.32. The van der Waals surface area contributed by atoms with Crippen LogP contribution in [0.25, 0.3) is 0 Å². The molecule has 0 fully saturated rings. The number of methoxy groups -OCH3 is 3. The quantitative estimate of drug-likeness (QED) is 0.760. The van der Waals surface area contributed by atoms with Crippen LogP contribution in [0.4, 0.5) is 10.5 Å². The summed E-state index contributed by atoms with van der Waals surface area (Å²) in [5.41, 5.74) is 2.77. The number of hydrogen-bond acceptors (Lipinski definition) is 5. The number of rotatable bonds is 6. The van der Waals surface area contributed by atoms with Crippen LogP contribution >= 0.6 is 0 Å². The van der Waals surface area contributed by atoms with Crippen LogP contribution in [0.2, 0.25) is 0 Å². The molecule has 3 rings (SSSR count). The number of fused-ring (bicyclic) bond motifs is 1. The molecule has 2 aromatic rings. The second-order valence-electron chi connectivity index (χ2n) is 7.04. The van der Waals surface area contributed by atoms with Crippen molar-refractivity contribution in [1.29, 1.82) is 0 Å². The summed E-state index contributed by atoms with van der Waals surface area (Å²) in [6.07, 6.45) is 0.704. The Balaban J connectivity index is 1.59. The first-order valence-electron chi connectivity index (χ1n) is 9.69. The van der Waals surface area contributed by atoms with Gasteiger partial charge in [0.2, 0.25) is 5.91 Å². The highest BCUT2D eigenvalue weighted by atomic mass is 16.5. The molecule has 160 valence electrons. The Morgan fingerprint density at radius 1 is 0.967 bits per heavy atom. The number of benzene rings is 2. The van der Waals surface area contributed by atoms with Crippen molar-refractivity contribution in [3.8, 4) is 17.2 Å². The summed E-state index contributed by atoms with van der Waals surface area (Å²) in [7, 11) is 4.77. The van der Waals surface area contributed by atoms with Gasteiger partial charge in [-0.1, -0.05) is 0 Å². The van der Waals surface area contributed by atoms with Gasteiger partial charge in [-0.15, -0.1) is 0 Å². The van der Waals surface area contributed by atoms with Crippen LogP contribution < -0.4 is 24.8 Å². The summed E-state index contributed by atoms with van der Waals surface area (Å²) < 4.78 is 15.8. The molecule has 1 atom stereocenters. The molecule has 8 nitrogen and oxygen atoms in total. The third-order valence-electron chi connectivity index (χ3n) is 5.10. The first kappa shape index (κ1) is 21.3. The highest BCUT2D eigenvalue weighted by Gasteiger charge is 2.25. The number of hydrogen-bond donors (Lipinski definition) is 2. The predicted octanol–water partition coefficient (Wildman–Crippen LogP) is 2.81. The average Bonchev–Trinajstić information content (AvgIpc) is 2.77. The van der Waals surface area contributed by atoms with Crippen LogP contribution in [0.1, 0.15) is 18.1 Å². The van der Waals surface area contributed by atoms with Gasteiger partial charge in [0.15, 0.2) is 11.5 Å². The number of urea groups is 1. The molecule has 0 aliphatic carbocycles. The van der Waals surface area contributed by atoms with Crippen molar-refractivity contribution in [2.45, 2.75) is 25.9 Å². The van der Waals surface area contributed by atoms with Gasteiger partial charge in [0.05, 0.1) is 21.3 Å². The molecule has 0 saturated carbocycles. The molecule has 0 unspecified atom stereocenters. The number of ether oxygens (including phenoxy) is 3. The van der Waals surface area contributed by atoms with Crippen molar-refractivity contribution in [2.24, 2.45) is 0 Å². The van der Waals surface area contributed by atoms with Gasteiger partial charge < -0.3 is 29.7 Å². The van der Waals surface area contributed by atoms with Crippen LogP contribution in [-0.4, -0.2) is 50.8 Å². The van der Waals surface area contributed by atoms with Gasteiger partial charge in [0.25, 0.3) is 0 Å². The van der Waals surface area contributed by atoms with Crippen molar-refractivity contribution >= 4 is 17.6 Å². The van der Waals surface area contributed by atoms with E-state index < -0.39 is 6.04 Å². The van der Waals surface area contributed by atoms with E-state index in [0.717, 1.165) is 11.1 Å². The molecule has 0 aromatic heterocycles. The van der Waals surface area contributed by atoms with Gasteiger partial charge in [-0.3, -0.25) is 4.79 Å². The van der Waals surface area contributed by atoms with Gasteiger partial charge in [-0.05, 0) is 60.9 Å². The van der Waals surface area contributed by atoms with Crippen molar-refractivity contribution in [2.75, 3.05) is 33.2 Å². The van der Waals surface area contributed by atoms with Gasteiger partial charge in [-0.2, -0.15) is 0 Å². The lowest BCUT2D eigenvalue weighted by Gasteiger charge is -2.30. The third-order valence-corrected chi connectivity index (χ3v) is 5.10. The Hall–Kier alpha value is -3.42. The van der Waals surface area contributed by atoms with Gasteiger partial charge >= 0.3 is 6.03 Å². The summed E-state index contributed by atoms with van der Waals surface area (Å²) >= 11 is 0. The standard InChI is InChI=1S/C22H27N3O5/c1-14(21(26)24-17-5-7-18(28-2)8-6-17)23-22(27)25-10-9-15-11-19(29-3)20(30-4)12-16(15)13-25/h5-8,11-12,14H,9-10,13H2,1-4H3,(H,23,27)(H,24,26)/t14-/m0/s1. The normalized spacial score (nSPS) is 13.7.